The molecule has 1 amide bonds. The van der Waals surface area contributed by atoms with E-state index in [-0.39, 0.29) is 41.0 Å². The standard InChI is InChI=1S/C20H19NO6/c1-11-14(20(26)27-17-8-13(22)7-15(23)19(11)17)9-18(25)21-10-16(24)12-5-3-2-4-6-12/h2-8,16,22-24H,9-10H2,1H3,(H,21,25)/t16-/m1/s1. The third-order valence-corrected chi connectivity index (χ3v) is 4.36. The first-order valence-corrected chi connectivity index (χ1v) is 8.34. The highest BCUT2D eigenvalue weighted by atomic mass is 16.4. The van der Waals surface area contributed by atoms with Crippen LogP contribution in [0.3, 0.4) is 0 Å². The molecule has 0 aliphatic carbocycles. The molecule has 4 N–H and O–H groups in total. The number of amides is 1. The number of hydrogen-bond donors (Lipinski definition) is 4. The molecule has 0 aliphatic rings. The fraction of sp³-hybridized carbons (Fsp3) is 0.200. The molecule has 140 valence electrons. The van der Waals surface area contributed by atoms with Crippen molar-refractivity contribution in [2.24, 2.45) is 0 Å². The summed E-state index contributed by atoms with van der Waals surface area (Å²) >= 11 is 0. The van der Waals surface area contributed by atoms with E-state index in [4.69, 9.17) is 4.42 Å². The van der Waals surface area contributed by atoms with Gasteiger partial charge in [0.25, 0.3) is 0 Å². The highest BCUT2D eigenvalue weighted by Gasteiger charge is 2.18. The average molecular weight is 369 g/mol. The number of carbonyl (C=O) groups excluding carboxylic acids is 1. The predicted molar refractivity (Wildman–Crippen MR) is 98.7 cm³/mol. The van der Waals surface area contributed by atoms with E-state index in [1.807, 2.05) is 6.07 Å². The van der Waals surface area contributed by atoms with E-state index in [1.54, 1.807) is 31.2 Å². The van der Waals surface area contributed by atoms with Crippen LogP contribution in [0, 0.1) is 6.92 Å². The summed E-state index contributed by atoms with van der Waals surface area (Å²) in [6, 6.07) is 11.3. The molecule has 27 heavy (non-hydrogen) atoms. The minimum Gasteiger partial charge on any atom is -0.508 e. The maximum atomic E-state index is 12.2. The van der Waals surface area contributed by atoms with Crippen molar-refractivity contribution >= 4 is 16.9 Å². The number of aromatic hydroxyl groups is 2. The molecule has 0 aliphatic heterocycles. The highest BCUT2D eigenvalue weighted by Crippen LogP contribution is 2.32. The zero-order valence-corrected chi connectivity index (χ0v) is 14.6. The number of aliphatic hydroxyl groups excluding tert-OH is 1. The van der Waals surface area contributed by atoms with E-state index < -0.39 is 17.6 Å². The molecular formula is C20H19NO6. The van der Waals surface area contributed by atoms with E-state index in [9.17, 15) is 24.9 Å². The van der Waals surface area contributed by atoms with E-state index in [0.29, 0.717) is 11.1 Å². The quantitative estimate of drug-likeness (QED) is 0.510. The lowest BCUT2D eigenvalue weighted by molar-refractivity contribution is -0.120. The van der Waals surface area contributed by atoms with E-state index in [1.165, 1.54) is 6.07 Å². The first-order chi connectivity index (χ1) is 12.9. The second-order valence-corrected chi connectivity index (χ2v) is 6.24. The summed E-state index contributed by atoms with van der Waals surface area (Å²) < 4.78 is 5.13. The Balaban J connectivity index is 1.78. The van der Waals surface area contributed by atoms with Crippen LogP contribution >= 0.6 is 0 Å². The van der Waals surface area contributed by atoms with Gasteiger partial charge in [-0.15, -0.1) is 0 Å². The van der Waals surface area contributed by atoms with Crippen molar-refractivity contribution in [3.63, 3.8) is 0 Å². The number of phenolic OH excluding ortho intramolecular Hbond substituents is 2. The molecule has 0 radical (unpaired) electrons. The zero-order valence-electron chi connectivity index (χ0n) is 14.6. The molecule has 0 fully saturated rings. The summed E-state index contributed by atoms with van der Waals surface area (Å²) in [7, 11) is 0. The second-order valence-electron chi connectivity index (χ2n) is 6.24. The van der Waals surface area contributed by atoms with Crippen LogP contribution in [0.15, 0.2) is 51.7 Å². The lowest BCUT2D eigenvalue weighted by Crippen LogP contribution is -2.31. The molecule has 0 unspecified atom stereocenters. The molecule has 3 rings (SSSR count). The summed E-state index contributed by atoms with van der Waals surface area (Å²) in [5.41, 5.74) is 0.499. The Hall–Kier alpha value is -3.32. The Morgan fingerprint density at radius 2 is 1.89 bits per heavy atom. The van der Waals surface area contributed by atoms with Gasteiger partial charge in [-0.1, -0.05) is 30.3 Å². The lowest BCUT2D eigenvalue weighted by Gasteiger charge is -2.13. The van der Waals surface area contributed by atoms with Crippen molar-refractivity contribution in [3.05, 3.63) is 69.6 Å². The van der Waals surface area contributed by atoms with Crippen molar-refractivity contribution in [1.29, 1.82) is 0 Å². The Labute approximate surface area is 154 Å². The molecular weight excluding hydrogens is 350 g/mol. The fourth-order valence-corrected chi connectivity index (χ4v) is 2.94. The molecule has 0 saturated heterocycles. The Morgan fingerprint density at radius 1 is 1.19 bits per heavy atom. The van der Waals surface area contributed by atoms with Gasteiger partial charge in [-0.2, -0.15) is 0 Å². The largest absolute Gasteiger partial charge is 0.508 e. The number of rotatable bonds is 5. The van der Waals surface area contributed by atoms with Crippen LogP contribution < -0.4 is 10.9 Å². The molecule has 0 saturated carbocycles. The Kier molecular flexibility index (Phi) is 5.14. The SMILES string of the molecule is Cc1c(CC(=O)NC[C@@H](O)c2ccccc2)c(=O)oc2cc(O)cc(O)c12. The minimum atomic E-state index is -0.865. The van der Waals surface area contributed by atoms with Crippen LogP contribution in [0.25, 0.3) is 11.0 Å². The number of benzene rings is 2. The van der Waals surface area contributed by atoms with Gasteiger partial charge < -0.3 is 25.1 Å². The number of carbonyl (C=O) groups is 1. The highest BCUT2D eigenvalue weighted by molar-refractivity contribution is 5.89. The van der Waals surface area contributed by atoms with Crippen molar-refractivity contribution in [1.82, 2.24) is 5.32 Å². The van der Waals surface area contributed by atoms with Gasteiger partial charge in [0, 0.05) is 18.7 Å². The molecule has 3 aromatic rings. The van der Waals surface area contributed by atoms with Gasteiger partial charge in [-0.25, -0.2) is 4.79 Å². The lowest BCUT2D eigenvalue weighted by atomic mass is 10.0. The fourth-order valence-electron chi connectivity index (χ4n) is 2.94. The van der Waals surface area contributed by atoms with E-state index in [0.717, 1.165) is 6.07 Å². The Morgan fingerprint density at radius 3 is 2.59 bits per heavy atom. The smallest absolute Gasteiger partial charge is 0.340 e. The number of nitrogens with one attached hydrogen (secondary N) is 1. The maximum Gasteiger partial charge on any atom is 0.340 e. The molecule has 1 heterocycles. The van der Waals surface area contributed by atoms with Gasteiger partial charge in [0.05, 0.1) is 23.5 Å². The van der Waals surface area contributed by atoms with Crippen LogP contribution in [0.1, 0.15) is 22.8 Å². The molecule has 0 bridgehead atoms. The summed E-state index contributed by atoms with van der Waals surface area (Å²) in [5.74, 6) is -0.937. The average Bonchev–Trinajstić information content (AvgIpc) is 2.63. The monoisotopic (exact) mass is 369 g/mol. The number of aryl methyl sites for hydroxylation is 1. The number of aliphatic hydroxyl groups is 1. The summed E-state index contributed by atoms with van der Waals surface area (Å²) in [6.45, 7) is 1.59. The molecule has 0 spiro atoms. The number of hydrogen-bond acceptors (Lipinski definition) is 6. The molecule has 2 aromatic carbocycles. The van der Waals surface area contributed by atoms with Crippen LogP contribution in [-0.4, -0.2) is 27.8 Å². The van der Waals surface area contributed by atoms with Crippen LogP contribution in [-0.2, 0) is 11.2 Å². The van der Waals surface area contributed by atoms with Gasteiger partial charge in [-0.3, -0.25) is 4.79 Å². The second kappa shape index (κ2) is 7.51. The summed E-state index contributed by atoms with van der Waals surface area (Å²) in [4.78, 5) is 24.4. The van der Waals surface area contributed by atoms with E-state index in [2.05, 4.69) is 5.32 Å². The molecule has 7 nitrogen and oxygen atoms in total. The van der Waals surface area contributed by atoms with Crippen molar-refractivity contribution in [2.45, 2.75) is 19.4 Å². The van der Waals surface area contributed by atoms with Crippen LogP contribution in [0.4, 0.5) is 0 Å². The predicted octanol–water partition coefficient (Wildman–Crippen LogP) is 1.90. The van der Waals surface area contributed by atoms with Gasteiger partial charge in [0.2, 0.25) is 5.91 Å². The first-order valence-electron chi connectivity index (χ1n) is 8.34. The maximum absolute atomic E-state index is 12.2. The molecule has 1 aromatic heterocycles. The summed E-state index contributed by atoms with van der Waals surface area (Å²) in [6.07, 6.45) is -1.12. The van der Waals surface area contributed by atoms with Gasteiger partial charge >= 0.3 is 5.63 Å². The molecule has 1 atom stereocenters. The number of phenols is 2. The molecule has 7 heteroatoms. The zero-order chi connectivity index (χ0) is 19.6. The van der Waals surface area contributed by atoms with E-state index >= 15 is 0 Å². The van der Waals surface area contributed by atoms with Crippen molar-refractivity contribution in [3.8, 4) is 11.5 Å². The van der Waals surface area contributed by atoms with Crippen LogP contribution in [0.5, 0.6) is 11.5 Å². The van der Waals surface area contributed by atoms with Gasteiger partial charge in [0.1, 0.15) is 17.1 Å². The number of fused-ring (bicyclic) bond motifs is 1. The van der Waals surface area contributed by atoms with Gasteiger partial charge in [-0.05, 0) is 18.1 Å². The normalized spacial score (nSPS) is 12.1. The topological polar surface area (TPSA) is 120 Å². The summed E-state index contributed by atoms with van der Waals surface area (Å²) in [5, 5.41) is 32.5. The first kappa shape index (κ1) is 18.5. The Bertz CT molecular complexity index is 1040. The van der Waals surface area contributed by atoms with Crippen molar-refractivity contribution < 1.29 is 24.5 Å². The third kappa shape index (κ3) is 3.93. The van der Waals surface area contributed by atoms with Crippen LogP contribution in [0.2, 0.25) is 0 Å². The minimum absolute atomic E-state index is 0.0000682. The van der Waals surface area contributed by atoms with Gasteiger partial charge in [0.15, 0.2) is 0 Å². The third-order valence-electron chi connectivity index (χ3n) is 4.36. The van der Waals surface area contributed by atoms with Crippen molar-refractivity contribution in [2.75, 3.05) is 6.54 Å².